The highest BCUT2D eigenvalue weighted by Gasteiger charge is 2.14. The number of hydrogen-bond donors (Lipinski definition) is 2. The Balaban J connectivity index is 0.00000361. The van der Waals surface area contributed by atoms with Crippen molar-refractivity contribution in [3.05, 3.63) is 35.9 Å². The molecule has 5 heteroatoms. The monoisotopic (exact) mass is 390 g/mol. The van der Waals surface area contributed by atoms with Crippen LogP contribution in [0, 0.1) is 0 Å². The lowest BCUT2D eigenvalue weighted by atomic mass is 10.1. The molecule has 0 spiro atoms. The highest BCUT2D eigenvalue weighted by atomic mass is 127. The van der Waals surface area contributed by atoms with Crippen molar-refractivity contribution >= 4 is 29.9 Å². The van der Waals surface area contributed by atoms with E-state index in [9.17, 15) is 0 Å². The van der Waals surface area contributed by atoms with Crippen LogP contribution in [0.1, 0.15) is 25.5 Å². The summed E-state index contributed by atoms with van der Waals surface area (Å²) in [6.07, 6.45) is 0. The summed E-state index contributed by atoms with van der Waals surface area (Å²) in [5.74, 6) is 0.845. The number of nitrogens with one attached hydrogen (secondary N) is 2. The van der Waals surface area contributed by atoms with Crippen LogP contribution in [0.15, 0.2) is 35.3 Å². The van der Waals surface area contributed by atoms with E-state index >= 15 is 0 Å². The van der Waals surface area contributed by atoms with Crippen molar-refractivity contribution in [2.75, 3.05) is 27.7 Å². The molecule has 0 radical (unpaired) electrons. The molecular weight excluding hydrogens is 363 g/mol. The predicted molar refractivity (Wildman–Crippen MR) is 97.9 cm³/mol. The molecule has 1 unspecified atom stereocenters. The first-order valence-corrected chi connectivity index (χ1v) is 6.73. The Labute approximate surface area is 140 Å². The van der Waals surface area contributed by atoms with E-state index in [-0.39, 0.29) is 24.0 Å². The minimum atomic E-state index is 0. The molecule has 1 rings (SSSR count). The van der Waals surface area contributed by atoms with Crippen molar-refractivity contribution in [3.8, 4) is 0 Å². The molecule has 0 fully saturated rings. The smallest absolute Gasteiger partial charge is 0.191 e. The van der Waals surface area contributed by atoms with Crippen LogP contribution < -0.4 is 10.6 Å². The Bertz CT molecular complexity index is 390. The Morgan fingerprint density at radius 1 is 1.20 bits per heavy atom. The number of halogens is 1. The molecule has 4 nitrogen and oxygen atoms in total. The molecule has 0 heterocycles. The number of guanidine groups is 1. The average molecular weight is 390 g/mol. The van der Waals surface area contributed by atoms with Gasteiger partial charge in [0.25, 0.3) is 0 Å². The number of hydrogen-bond acceptors (Lipinski definition) is 2. The van der Waals surface area contributed by atoms with Gasteiger partial charge in [0, 0.05) is 19.6 Å². The lowest BCUT2D eigenvalue weighted by Gasteiger charge is -2.26. The van der Waals surface area contributed by atoms with Gasteiger partial charge in [0.1, 0.15) is 0 Å². The van der Waals surface area contributed by atoms with Crippen molar-refractivity contribution in [2.45, 2.75) is 25.9 Å². The minimum Gasteiger partial charge on any atom is -0.354 e. The van der Waals surface area contributed by atoms with Crippen LogP contribution in [0.2, 0.25) is 0 Å². The third-order valence-electron chi connectivity index (χ3n) is 2.92. The zero-order chi connectivity index (χ0) is 14.3. The number of rotatable bonds is 5. The van der Waals surface area contributed by atoms with Crippen LogP contribution >= 0.6 is 24.0 Å². The molecule has 0 aliphatic rings. The topological polar surface area (TPSA) is 39.7 Å². The standard InChI is InChI=1S/C15H26N4.HI/c1-12(2)18-15(16-3)17-11-14(19(4)5)13-9-7-6-8-10-13;/h6-10,12,14H,11H2,1-5H3,(H2,16,17,18);1H. The normalized spacial score (nSPS) is 13.1. The van der Waals surface area contributed by atoms with Gasteiger partial charge in [-0.25, -0.2) is 0 Å². The fourth-order valence-corrected chi connectivity index (χ4v) is 1.94. The molecule has 1 aromatic rings. The fraction of sp³-hybridized carbons (Fsp3) is 0.533. The van der Waals surface area contributed by atoms with Gasteiger partial charge in [0.2, 0.25) is 0 Å². The maximum atomic E-state index is 4.23. The third kappa shape index (κ3) is 6.56. The van der Waals surface area contributed by atoms with Gasteiger partial charge in [-0.15, -0.1) is 24.0 Å². The number of benzene rings is 1. The number of nitrogens with zero attached hydrogens (tertiary/aromatic N) is 2. The maximum Gasteiger partial charge on any atom is 0.191 e. The molecule has 1 atom stereocenters. The SMILES string of the molecule is CN=C(NCC(c1ccccc1)N(C)C)NC(C)C.I. The summed E-state index contributed by atoms with van der Waals surface area (Å²) in [4.78, 5) is 6.44. The number of likely N-dealkylation sites (N-methyl/N-ethyl adjacent to an activating group) is 1. The predicted octanol–water partition coefficient (Wildman–Crippen LogP) is 2.48. The van der Waals surface area contributed by atoms with Gasteiger partial charge in [-0.1, -0.05) is 30.3 Å². The van der Waals surface area contributed by atoms with Crippen LogP contribution in [0.3, 0.4) is 0 Å². The van der Waals surface area contributed by atoms with Crippen LogP contribution in [0.5, 0.6) is 0 Å². The molecule has 1 aromatic carbocycles. The van der Waals surface area contributed by atoms with Crippen LogP contribution in [0.25, 0.3) is 0 Å². The summed E-state index contributed by atoms with van der Waals surface area (Å²) in [6, 6.07) is 11.2. The van der Waals surface area contributed by atoms with E-state index in [0.29, 0.717) is 12.1 Å². The zero-order valence-electron chi connectivity index (χ0n) is 13.1. The van der Waals surface area contributed by atoms with E-state index in [1.54, 1.807) is 7.05 Å². The molecule has 114 valence electrons. The van der Waals surface area contributed by atoms with Crippen molar-refractivity contribution in [3.63, 3.8) is 0 Å². The summed E-state index contributed by atoms with van der Waals surface area (Å²) in [5.41, 5.74) is 1.31. The molecule has 0 saturated carbocycles. The van der Waals surface area contributed by atoms with Crippen LogP contribution in [-0.4, -0.2) is 44.6 Å². The first-order chi connectivity index (χ1) is 9.04. The molecular formula is C15H27IN4. The Morgan fingerprint density at radius 2 is 1.80 bits per heavy atom. The highest BCUT2D eigenvalue weighted by Crippen LogP contribution is 2.16. The van der Waals surface area contributed by atoms with Gasteiger partial charge in [-0.3, -0.25) is 4.99 Å². The Morgan fingerprint density at radius 3 is 2.25 bits per heavy atom. The molecule has 0 saturated heterocycles. The summed E-state index contributed by atoms with van der Waals surface area (Å²) < 4.78 is 0. The van der Waals surface area contributed by atoms with E-state index < -0.39 is 0 Å². The second-order valence-corrected chi connectivity index (χ2v) is 5.14. The van der Waals surface area contributed by atoms with Gasteiger partial charge in [-0.2, -0.15) is 0 Å². The molecule has 0 bridgehead atoms. The third-order valence-corrected chi connectivity index (χ3v) is 2.92. The van der Waals surface area contributed by atoms with E-state index in [1.165, 1.54) is 5.56 Å². The van der Waals surface area contributed by atoms with E-state index in [2.05, 4.69) is 72.7 Å². The van der Waals surface area contributed by atoms with Gasteiger partial charge in [0.05, 0.1) is 6.04 Å². The number of aliphatic imine (C=N–C) groups is 1. The average Bonchev–Trinajstić information content (AvgIpc) is 2.38. The second-order valence-electron chi connectivity index (χ2n) is 5.14. The molecule has 0 aliphatic carbocycles. The quantitative estimate of drug-likeness (QED) is 0.461. The van der Waals surface area contributed by atoms with Gasteiger partial charge < -0.3 is 15.5 Å². The molecule has 0 aromatic heterocycles. The maximum absolute atomic E-state index is 4.23. The van der Waals surface area contributed by atoms with Crippen molar-refractivity contribution in [1.29, 1.82) is 0 Å². The molecule has 20 heavy (non-hydrogen) atoms. The fourth-order valence-electron chi connectivity index (χ4n) is 1.94. The largest absolute Gasteiger partial charge is 0.354 e. The summed E-state index contributed by atoms with van der Waals surface area (Å²) in [7, 11) is 5.99. The summed E-state index contributed by atoms with van der Waals surface area (Å²) in [6.45, 7) is 5.03. The summed E-state index contributed by atoms with van der Waals surface area (Å²) in [5, 5.41) is 6.67. The lowest BCUT2D eigenvalue weighted by Crippen LogP contribution is -2.44. The van der Waals surface area contributed by atoms with Crippen molar-refractivity contribution in [1.82, 2.24) is 15.5 Å². The van der Waals surface area contributed by atoms with Crippen molar-refractivity contribution in [2.24, 2.45) is 4.99 Å². The zero-order valence-corrected chi connectivity index (χ0v) is 15.4. The highest BCUT2D eigenvalue weighted by molar-refractivity contribution is 14.0. The molecule has 2 N–H and O–H groups in total. The first-order valence-electron chi connectivity index (χ1n) is 6.73. The Hall–Kier alpha value is -0.820. The summed E-state index contributed by atoms with van der Waals surface area (Å²) >= 11 is 0. The van der Waals surface area contributed by atoms with Gasteiger partial charge in [-0.05, 0) is 33.5 Å². The van der Waals surface area contributed by atoms with Crippen molar-refractivity contribution < 1.29 is 0 Å². The first kappa shape index (κ1) is 19.2. The van der Waals surface area contributed by atoms with Gasteiger partial charge in [0.15, 0.2) is 5.96 Å². The van der Waals surface area contributed by atoms with E-state index in [4.69, 9.17) is 0 Å². The second kappa shape index (κ2) is 9.99. The lowest BCUT2D eigenvalue weighted by molar-refractivity contribution is 0.298. The van der Waals surface area contributed by atoms with E-state index in [0.717, 1.165) is 12.5 Å². The van der Waals surface area contributed by atoms with Crippen LogP contribution in [-0.2, 0) is 0 Å². The van der Waals surface area contributed by atoms with Crippen LogP contribution in [0.4, 0.5) is 0 Å². The van der Waals surface area contributed by atoms with Gasteiger partial charge >= 0.3 is 0 Å². The Kier molecular flexibility index (Phi) is 9.58. The van der Waals surface area contributed by atoms with E-state index in [1.807, 2.05) is 6.07 Å². The molecule has 0 aliphatic heterocycles. The molecule has 0 amide bonds. The minimum absolute atomic E-state index is 0.